The monoisotopic (exact) mass is 419 g/mol. The molecule has 4 heterocycles. The Balaban J connectivity index is 1.34. The predicted molar refractivity (Wildman–Crippen MR) is 107 cm³/mol. The summed E-state index contributed by atoms with van der Waals surface area (Å²) < 4.78 is 6.07. The molecule has 6 rings (SSSR count). The fourth-order valence-corrected chi connectivity index (χ4v) is 5.32. The number of nitrogens with zero attached hydrogens (tertiary/aromatic N) is 3. The van der Waals surface area contributed by atoms with Crippen molar-refractivity contribution < 1.29 is 24.1 Å². The Morgan fingerprint density at radius 3 is 2.39 bits per heavy atom. The lowest BCUT2D eigenvalue weighted by atomic mass is 9.71. The normalized spacial score (nSPS) is 32.7. The van der Waals surface area contributed by atoms with E-state index in [-0.39, 0.29) is 23.4 Å². The smallest absolute Gasteiger partial charge is 0.270 e. The number of ether oxygens (including phenoxy) is 1. The minimum absolute atomic E-state index is 0.0525. The van der Waals surface area contributed by atoms with E-state index in [2.05, 4.69) is 5.16 Å². The van der Waals surface area contributed by atoms with Crippen LogP contribution in [0, 0.1) is 34.8 Å². The molecule has 0 unspecified atom stereocenters. The lowest BCUT2D eigenvalue weighted by Gasteiger charge is -2.26. The van der Waals surface area contributed by atoms with Crippen molar-refractivity contribution in [3.8, 4) is 0 Å². The molecule has 4 aliphatic heterocycles. The molecule has 0 aliphatic carbocycles. The third-order valence-corrected chi connectivity index (χ3v) is 6.69. The summed E-state index contributed by atoms with van der Waals surface area (Å²) in [6.07, 6.45) is -1.63. The number of imide groups is 1. The minimum atomic E-state index is -0.620. The number of nitro benzene ring substituents is 1. The van der Waals surface area contributed by atoms with E-state index < -0.39 is 35.1 Å². The molecule has 2 aromatic rings. The molecule has 9 nitrogen and oxygen atoms in total. The number of anilines is 1. The Labute approximate surface area is 176 Å². The molecular formula is C22H17N3O6. The van der Waals surface area contributed by atoms with E-state index in [0.717, 1.165) is 5.56 Å². The number of oxime groups is 1. The molecule has 2 aromatic carbocycles. The zero-order valence-corrected chi connectivity index (χ0v) is 16.4. The molecule has 3 saturated heterocycles. The fourth-order valence-electron chi connectivity index (χ4n) is 5.32. The van der Waals surface area contributed by atoms with Gasteiger partial charge in [-0.3, -0.25) is 19.7 Å². The molecule has 0 N–H and O–H groups in total. The van der Waals surface area contributed by atoms with Crippen molar-refractivity contribution in [2.24, 2.45) is 22.9 Å². The van der Waals surface area contributed by atoms with E-state index in [1.807, 2.05) is 19.1 Å². The fraction of sp³-hybridized carbons (Fsp3) is 0.318. The zero-order chi connectivity index (χ0) is 21.4. The molecule has 2 bridgehead atoms. The lowest BCUT2D eigenvalue weighted by Crippen LogP contribution is -2.45. The van der Waals surface area contributed by atoms with E-state index in [1.165, 1.54) is 17.0 Å². The number of hydrogen-bond donors (Lipinski definition) is 0. The van der Waals surface area contributed by atoms with E-state index in [0.29, 0.717) is 17.0 Å². The number of rotatable bonds is 3. The molecule has 3 fully saturated rings. The van der Waals surface area contributed by atoms with Crippen LogP contribution in [0.25, 0.3) is 0 Å². The van der Waals surface area contributed by atoms with Gasteiger partial charge in [0.15, 0.2) is 6.10 Å². The Morgan fingerprint density at radius 1 is 0.968 bits per heavy atom. The summed E-state index contributed by atoms with van der Waals surface area (Å²) in [5, 5.41) is 15.3. The minimum Gasteiger partial charge on any atom is -0.389 e. The van der Waals surface area contributed by atoms with Crippen LogP contribution in [-0.4, -0.2) is 40.8 Å². The van der Waals surface area contributed by atoms with Crippen LogP contribution in [0.1, 0.15) is 11.1 Å². The van der Waals surface area contributed by atoms with E-state index >= 15 is 0 Å². The van der Waals surface area contributed by atoms with Gasteiger partial charge in [0, 0.05) is 17.7 Å². The second-order valence-corrected chi connectivity index (χ2v) is 8.34. The van der Waals surface area contributed by atoms with Crippen molar-refractivity contribution in [1.29, 1.82) is 0 Å². The molecule has 4 aliphatic rings. The van der Waals surface area contributed by atoms with Gasteiger partial charge < -0.3 is 9.57 Å². The Bertz CT molecular complexity index is 1180. The highest BCUT2D eigenvalue weighted by Gasteiger charge is 2.72. The van der Waals surface area contributed by atoms with Crippen LogP contribution in [0.15, 0.2) is 53.7 Å². The maximum atomic E-state index is 13.3. The van der Waals surface area contributed by atoms with E-state index in [9.17, 15) is 19.7 Å². The Morgan fingerprint density at radius 2 is 1.68 bits per heavy atom. The largest absolute Gasteiger partial charge is 0.389 e. The molecule has 6 atom stereocenters. The highest BCUT2D eigenvalue weighted by Crippen LogP contribution is 2.55. The highest BCUT2D eigenvalue weighted by molar-refractivity contribution is 6.23. The van der Waals surface area contributed by atoms with E-state index in [4.69, 9.17) is 9.57 Å². The third-order valence-electron chi connectivity index (χ3n) is 6.69. The quantitative estimate of drug-likeness (QED) is 0.428. The topological polar surface area (TPSA) is 111 Å². The summed E-state index contributed by atoms with van der Waals surface area (Å²) >= 11 is 0. The van der Waals surface area contributed by atoms with Crippen molar-refractivity contribution in [3.05, 3.63) is 69.8 Å². The number of hydrogen-bond acceptors (Lipinski definition) is 7. The van der Waals surface area contributed by atoms with Crippen molar-refractivity contribution >= 4 is 28.9 Å². The molecule has 0 saturated carbocycles. The summed E-state index contributed by atoms with van der Waals surface area (Å²) in [6, 6.07) is 13.4. The van der Waals surface area contributed by atoms with Crippen LogP contribution in [-0.2, 0) is 19.2 Å². The Kier molecular flexibility index (Phi) is 3.64. The van der Waals surface area contributed by atoms with Crippen molar-refractivity contribution in [1.82, 2.24) is 0 Å². The predicted octanol–water partition coefficient (Wildman–Crippen LogP) is 2.21. The van der Waals surface area contributed by atoms with E-state index in [1.54, 1.807) is 24.3 Å². The van der Waals surface area contributed by atoms with Crippen LogP contribution in [0.3, 0.4) is 0 Å². The number of fused-ring (bicyclic) bond motifs is 8. The standard InChI is InChI=1S/C22H17N3O6/c1-10-5-7-12(8-6-10)24-21(26)14-15(22(24)27)19-20-16(18(14)30-19)17(23-31-20)11-3-2-4-13(9-11)25(28)29/h2-9,14-16,18-20H,1H3/t14-,15+,16+,18-,19-,20-/m1/s1. The van der Waals surface area contributed by atoms with Gasteiger partial charge in [0.2, 0.25) is 11.8 Å². The average Bonchev–Trinajstić information content (AvgIpc) is 3.49. The third kappa shape index (κ3) is 2.37. The molecule has 0 spiro atoms. The summed E-state index contributed by atoms with van der Waals surface area (Å²) in [5.74, 6) is -2.15. The van der Waals surface area contributed by atoms with Gasteiger partial charge in [0.1, 0.15) is 6.10 Å². The lowest BCUT2D eigenvalue weighted by molar-refractivity contribution is -0.384. The molecule has 0 aromatic heterocycles. The first-order valence-corrected chi connectivity index (χ1v) is 10.0. The molecule has 2 amide bonds. The second-order valence-electron chi connectivity index (χ2n) is 8.34. The summed E-state index contributed by atoms with van der Waals surface area (Å²) in [5.41, 5.74) is 2.61. The van der Waals surface area contributed by atoms with Crippen LogP contribution in [0.2, 0.25) is 0 Å². The first kappa shape index (κ1) is 18.2. The van der Waals surface area contributed by atoms with Crippen LogP contribution < -0.4 is 4.90 Å². The van der Waals surface area contributed by atoms with Gasteiger partial charge in [-0.1, -0.05) is 35.0 Å². The van der Waals surface area contributed by atoms with Gasteiger partial charge in [-0.2, -0.15) is 0 Å². The maximum Gasteiger partial charge on any atom is 0.270 e. The SMILES string of the molecule is Cc1ccc(N2C(=O)[C@@H]3[C@H]4O[C@@H]([C@@H]5C(c6cccc([N+](=O)[O-])c6)=NO[C@@H]45)[C@@H]3C2=O)cc1. The second kappa shape index (κ2) is 6.21. The van der Waals surface area contributed by atoms with Crippen LogP contribution >= 0.6 is 0 Å². The number of carbonyl (C=O) groups is 2. The zero-order valence-electron chi connectivity index (χ0n) is 16.4. The molecule has 9 heteroatoms. The molecule has 31 heavy (non-hydrogen) atoms. The average molecular weight is 419 g/mol. The van der Waals surface area contributed by atoms with Crippen molar-refractivity contribution in [2.45, 2.75) is 25.2 Å². The number of nitro groups is 1. The molecule has 156 valence electrons. The maximum absolute atomic E-state index is 13.3. The molecular weight excluding hydrogens is 402 g/mol. The Hall–Kier alpha value is -3.59. The summed E-state index contributed by atoms with van der Waals surface area (Å²) in [6.45, 7) is 1.94. The first-order valence-electron chi connectivity index (χ1n) is 10.0. The van der Waals surface area contributed by atoms with Gasteiger partial charge in [-0.15, -0.1) is 0 Å². The van der Waals surface area contributed by atoms with Crippen LogP contribution in [0.4, 0.5) is 11.4 Å². The number of non-ortho nitro benzene ring substituents is 1. The summed E-state index contributed by atoms with van der Waals surface area (Å²) in [7, 11) is 0. The molecule has 0 radical (unpaired) electrons. The van der Waals surface area contributed by atoms with Crippen molar-refractivity contribution in [2.75, 3.05) is 4.90 Å². The van der Waals surface area contributed by atoms with Crippen LogP contribution in [0.5, 0.6) is 0 Å². The first-order chi connectivity index (χ1) is 15.0. The number of carbonyl (C=O) groups excluding carboxylic acids is 2. The number of benzene rings is 2. The van der Waals surface area contributed by atoms with Gasteiger partial charge in [0.05, 0.1) is 40.2 Å². The van der Waals surface area contributed by atoms with Gasteiger partial charge in [0.25, 0.3) is 5.69 Å². The van der Waals surface area contributed by atoms with Gasteiger partial charge >= 0.3 is 0 Å². The number of aryl methyl sites for hydroxylation is 1. The number of amides is 2. The van der Waals surface area contributed by atoms with Gasteiger partial charge in [-0.05, 0) is 19.1 Å². The van der Waals surface area contributed by atoms with Crippen molar-refractivity contribution in [3.63, 3.8) is 0 Å². The highest BCUT2D eigenvalue weighted by atomic mass is 16.7. The summed E-state index contributed by atoms with van der Waals surface area (Å²) in [4.78, 5) is 44.1. The van der Waals surface area contributed by atoms with Gasteiger partial charge in [-0.25, -0.2) is 4.90 Å².